The van der Waals surface area contributed by atoms with Gasteiger partial charge in [0.2, 0.25) is 5.91 Å². The third kappa shape index (κ3) is 3.49. The number of unbranched alkanes of at least 4 members (excludes halogenated alkanes) is 1. The van der Waals surface area contributed by atoms with Crippen LogP contribution < -0.4 is 4.90 Å². The summed E-state index contributed by atoms with van der Waals surface area (Å²) >= 11 is 0. The average Bonchev–Trinajstić information content (AvgIpc) is 2.51. The fourth-order valence-corrected chi connectivity index (χ4v) is 2.44. The van der Waals surface area contributed by atoms with Crippen molar-refractivity contribution >= 4 is 11.6 Å². The summed E-state index contributed by atoms with van der Waals surface area (Å²) in [4.78, 5) is 15.3. The Labute approximate surface area is 122 Å². The van der Waals surface area contributed by atoms with Crippen molar-refractivity contribution in [2.24, 2.45) is 0 Å². The Balaban J connectivity index is 1.98. The molecule has 1 aliphatic rings. The molecule has 1 amide bonds. The van der Waals surface area contributed by atoms with E-state index in [1.807, 2.05) is 6.92 Å². The molecule has 0 unspecified atom stereocenters. The Morgan fingerprint density at radius 1 is 1.10 bits per heavy atom. The van der Waals surface area contributed by atoms with Gasteiger partial charge in [-0.15, -0.1) is 0 Å². The number of carbonyl (C=O) groups is 1. The lowest BCUT2D eigenvalue weighted by atomic mass is 10.2. The van der Waals surface area contributed by atoms with Crippen molar-refractivity contribution in [1.82, 2.24) is 4.90 Å². The van der Waals surface area contributed by atoms with Crippen molar-refractivity contribution in [1.29, 1.82) is 0 Å². The molecule has 0 aliphatic carbocycles. The van der Waals surface area contributed by atoms with E-state index in [4.69, 9.17) is 0 Å². The number of amides is 1. The maximum atomic E-state index is 13.7. The molecule has 0 spiro atoms. The van der Waals surface area contributed by atoms with Crippen LogP contribution in [0, 0.1) is 17.5 Å². The number of hydrogen-bond donors (Lipinski definition) is 0. The molecule has 0 aromatic heterocycles. The first-order valence-corrected chi connectivity index (χ1v) is 7.20. The monoisotopic (exact) mass is 300 g/mol. The van der Waals surface area contributed by atoms with Crippen molar-refractivity contribution in [2.45, 2.75) is 26.2 Å². The second-order valence-corrected chi connectivity index (χ2v) is 5.17. The minimum atomic E-state index is -1.45. The first-order chi connectivity index (χ1) is 10.0. The molecular formula is C15H19F3N2O. The number of anilines is 1. The van der Waals surface area contributed by atoms with Crippen LogP contribution in [0.1, 0.15) is 26.2 Å². The molecule has 0 saturated carbocycles. The van der Waals surface area contributed by atoms with Gasteiger partial charge in [0.15, 0.2) is 17.5 Å². The van der Waals surface area contributed by atoms with Gasteiger partial charge in [0, 0.05) is 32.6 Å². The third-order valence-corrected chi connectivity index (χ3v) is 3.73. The maximum Gasteiger partial charge on any atom is 0.222 e. The molecule has 1 saturated heterocycles. The van der Waals surface area contributed by atoms with Gasteiger partial charge in [0.1, 0.15) is 0 Å². The number of halogens is 3. The molecule has 21 heavy (non-hydrogen) atoms. The molecule has 0 bridgehead atoms. The minimum Gasteiger partial charge on any atom is -0.366 e. The molecule has 0 N–H and O–H groups in total. The van der Waals surface area contributed by atoms with E-state index in [2.05, 4.69) is 0 Å². The molecule has 1 fully saturated rings. The molecule has 0 atom stereocenters. The number of hydrogen-bond acceptors (Lipinski definition) is 2. The zero-order valence-electron chi connectivity index (χ0n) is 12.0. The molecule has 116 valence electrons. The van der Waals surface area contributed by atoms with E-state index in [1.54, 1.807) is 9.80 Å². The zero-order chi connectivity index (χ0) is 15.4. The van der Waals surface area contributed by atoms with Crippen LogP contribution in [0.5, 0.6) is 0 Å². The Morgan fingerprint density at radius 2 is 1.76 bits per heavy atom. The van der Waals surface area contributed by atoms with E-state index in [1.165, 1.54) is 6.07 Å². The van der Waals surface area contributed by atoms with Crippen molar-refractivity contribution < 1.29 is 18.0 Å². The van der Waals surface area contributed by atoms with Gasteiger partial charge in [0.25, 0.3) is 0 Å². The van der Waals surface area contributed by atoms with Gasteiger partial charge in [-0.05, 0) is 18.6 Å². The fourth-order valence-electron chi connectivity index (χ4n) is 2.44. The van der Waals surface area contributed by atoms with Crippen LogP contribution in [0.4, 0.5) is 18.9 Å². The summed E-state index contributed by atoms with van der Waals surface area (Å²) in [6.07, 6.45) is 2.35. The molecule has 6 heteroatoms. The maximum absolute atomic E-state index is 13.7. The summed E-state index contributed by atoms with van der Waals surface area (Å²) in [7, 11) is 0. The van der Waals surface area contributed by atoms with E-state index >= 15 is 0 Å². The SMILES string of the molecule is CCCCC(=O)N1CCN(c2ccc(F)c(F)c2F)CC1. The fraction of sp³-hybridized carbons (Fsp3) is 0.533. The van der Waals surface area contributed by atoms with Crippen LogP contribution in [0.25, 0.3) is 0 Å². The molecule has 1 aliphatic heterocycles. The van der Waals surface area contributed by atoms with Crippen molar-refractivity contribution in [3.63, 3.8) is 0 Å². The lowest BCUT2D eigenvalue weighted by Gasteiger charge is -2.36. The third-order valence-electron chi connectivity index (χ3n) is 3.73. The van der Waals surface area contributed by atoms with Crippen LogP contribution in [0.15, 0.2) is 12.1 Å². The molecule has 1 aromatic carbocycles. The van der Waals surface area contributed by atoms with E-state index in [0.29, 0.717) is 32.6 Å². The normalized spacial score (nSPS) is 15.4. The smallest absolute Gasteiger partial charge is 0.222 e. The van der Waals surface area contributed by atoms with Gasteiger partial charge in [-0.2, -0.15) is 0 Å². The second kappa shape index (κ2) is 6.83. The van der Waals surface area contributed by atoms with E-state index in [0.717, 1.165) is 18.9 Å². The van der Waals surface area contributed by atoms with E-state index < -0.39 is 17.5 Å². The van der Waals surface area contributed by atoms with Crippen molar-refractivity contribution in [3.8, 4) is 0 Å². The van der Waals surface area contributed by atoms with Gasteiger partial charge < -0.3 is 9.80 Å². The Bertz CT molecular complexity index is 514. The Hall–Kier alpha value is -1.72. The topological polar surface area (TPSA) is 23.6 Å². The molecule has 3 nitrogen and oxygen atoms in total. The Morgan fingerprint density at radius 3 is 2.38 bits per heavy atom. The highest BCUT2D eigenvalue weighted by molar-refractivity contribution is 5.76. The highest BCUT2D eigenvalue weighted by atomic mass is 19.2. The first-order valence-electron chi connectivity index (χ1n) is 7.20. The summed E-state index contributed by atoms with van der Waals surface area (Å²) < 4.78 is 39.9. The zero-order valence-corrected chi connectivity index (χ0v) is 12.0. The molecule has 1 heterocycles. The predicted octanol–water partition coefficient (Wildman–Crippen LogP) is 2.94. The second-order valence-electron chi connectivity index (χ2n) is 5.17. The summed E-state index contributed by atoms with van der Waals surface area (Å²) in [6.45, 7) is 3.80. The molecule has 2 rings (SSSR count). The number of nitrogens with zero attached hydrogens (tertiary/aromatic N) is 2. The summed E-state index contributed by atoms with van der Waals surface area (Å²) in [6, 6.07) is 2.16. The quantitative estimate of drug-likeness (QED) is 0.798. The standard InChI is InChI=1S/C15H19F3N2O/c1-2-3-4-13(21)20-9-7-19(8-10-20)12-6-5-11(16)14(17)15(12)18/h5-6H,2-4,7-10H2,1H3. The minimum absolute atomic E-state index is 0.0505. The van der Waals surface area contributed by atoms with Crippen LogP contribution >= 0.6 is 0 Å². The lowest BCUT2D eigenvalue weighted by Crippen LogP contribution is -2.49. The van der Waals surface area contributed by atoms with Crippen LogP contribution in [-0.4, -0.2) is 37.0 Å². The Kier molecular flexibility index (Phi) is 5.09. The average molecular weight is 300 g/mol. The van der Waals surface area contributed by atoms with Crippen molar-refractivity contribution in [3.05, 3.63) is 29.6 Å². The van der Waals surface area contributed by atoms with E-state index in [9.17, 15) is 18.0 Å². The van der Waals surface area contributed by atoms with Crippen LogP contribution in [0.3, 0.4) is 0 Å². The van der Waals surface area contributed by atoms with Gasteiger partial charge in [-0.25, -0.2) is 13.2 Å². The highest BCUT2D eigenvalue weighted by Crippen LogP contribution is 2.24. The number of carbonyl (C=O) groups excluding carboxylic acids is 1. The van der Waals surface area contributed by atoms with Crippen LogP contribution in [0.2, 0.25) is 0 Å². The number of rotatable bonds is 4. The molecule has 0 radical (unpaired) electrons. The largest absolute Gasteiger partial charge is 0.366 e. The van der Waals surface area contributed by atoms with Gasteiger partial charge >= 0.3 is 0 Å². The van der Waals surface area contributed by atoms with Crippen molar-refractivity contribution in [2.75, 3.05) is 31.1 Å². The molecule has 1 aromatic rings. The van der Waals surface area contributed by atoms with Crippen LogP contribution in [-0.2, 0) is 4.79 Å². The summed E-state index contributed by atoms with van der Waals surface area (Å²) in [5.74, 6) is -3.71. The summed E-state index contributed by atoms with van der Waals surface area (Å²) in [5.41, 5.74) is 0.0505. The lowest BCUT2D eigenvalue weighted by molar-refractivity contribution is -0.131. The first kappa shape index (κ1) is 15.7. The molecular weight excluding hydrogens is 281 g/mol. The number of piperazine rings is 1. The summed E-state index contributed by atoms with van der Waals surface area (Å²) in [5, 5.41) is 0. The highest BCUT2D eigenvalue weighted by Gasteiger charge is 2.24. The van der Waals surface area contributed by atoms with Gasteiger partial charge in [-0.3, -0.25) is 4.79 Å². The van der Waals surface area contributed by atoms with Gasteiger partial charge in [0.05, 0.1) is 5.69 Å². The van der Waals surface area contributed by atoms with Gasteiger partial charge in [-0.1, -0.05) is 13.3 Å². The predicted molar refractivity (Wildman–Crippen MR) is 74.6 cm³/mol. The number of benzene rings is 1. The van der Waals surface area contributed by atoms with E-state index in [-0.39, 0.29) is 11.6 Å².